The van der Waals surface area contributed by atoms with Crippen LogP contribution >= 0.6 is 0 Å². The Morgan fingerprint density at radius 3 is 1.42 bits per heavy atom. The zero-order chi connectivity index (χ0) is 28.4. The van der Waals surface area contributed by atoms with E-state index in [0.29, 0.717) is 28.9 Å². The first-order chi connectivity index (χ1) is 16.2. The second kappa shape index (κ2) is 15.2. The predicted molar refractivity (Wildman–Crippen MR) is 158 cm³/mol. The molecule has 0 aromatic rings. The number of carbonyl (C=O) groups is 1. The van der Waals surface area contributed by atoms with Crippen LogP contribution in [-0.4, -0.2) is 88.9 Å². The van der Waals surface area contributed by atoms with Crippen LogP contribution in [-0.2, 0) is 14.3 Å². The Kier molecular flexibility index (Phi) is 15.0. The van der Waals surface area contributed by atoms with Gasteiger partial charge in [0, 0.05) is 31.9 Å². The van der Waals surface area contributed by atoms with Crippen LogP contribution in [0.1, 0.15) is 61.3 Å². The zero-order valence-electron chi connectivity index (χ0n) is 25.5. The van der Waals surface area contributed by atoms with Gasteiger partial charge in [-0.05, 0) is 29.8 Å². The fraction of sp³-hybridized carbons (Fsp3) is 0.893. The number of ether oxygens (including phenoxy) is 2. The van der Waals surface area contributed by atoms with E-state index < -0.39 is 28.4 Å². The van der Waals surface area contributed by atoms with Gasteiger partial charge in [-0.3, -0.25) is 4.79 Å². The Bertz CT molecular complexity index is 624. The summed E-state index contributed by atoms with van der Waals surface area (Å²) in [5.74, 6) is -0.274. The van der Waals surface area contributed by atoms with E-state index in [0.717, 1.165) is 12.8 Å². The Morgan fingerprint density at radius 1 is 0.806 bits per heavy atom. The third kappa shape index (κ3) is 13.3. The van der Waals surface area contributed by atoms with Crippen LogP contribution in [0.15, 0.2) is 12.2 Å². The molecule has 1 amide bonds. The van der Waals surface area contributed by atoms with Crippen molar-refractivity contribution in [1.29, 1.82) is 0 Å². The molecular formula is C28H59NO5Si2. The highest BCUT2D eigenvalue weighted by atomic mass is 28.3. The van der Waals surface area contributed by atoms with Crippen molar-refractivity contribution >= 4 is 22.1 Å². The van der Waals surface area contributed by atoms with Crippen molar-refractivity contribution in [3.63, 3.8) is 0 Å². The highest BCUT2D eigenvalue weighted by Gasteiger charge is 2.35. The van der Waals surface area contributed by atoms with E-state index in [-0.39, 0.29) is 32.2 Å². The molecule has 2 N–H and O–H groups in total. The van der Waals surface area contributed by atoms with Gasteiger partial charge < -0.3 is 24.6 Å². The third-order valence-corrected chi connectivity index (χ3v) is 19.7. The smallest absolute Gasteiger partial charge is 0.249 e. The second-order valence-corrected chi connectivity index (χ2v) is 25.5. The Morgan fingerprint density at radius 2 is 1.14 bits per heavy atom. The minimum Gasteiger partial charge on any atom is -0.389 e. The summed E-state index contributed by atoms with van der Waals surface area (Å²) in [4.78, 5) is 14.1. The maximum atomic E-state index is 12.6. The highest BCUT2D eigenvalue weighted by molar-refractivity contribution is 6.80. The molecule has 0 aromatic heterocycles. The van der Waals surface area contributed by atoms with Gasteiger partial charge in [-0.1, -0.05) is 86.4 Å². The molecule has 2 unspecified atom stereocenters. The van der Waals surface area contributed by atoms with Gasteiger partial charge in [-0.15, -0.1) is 0 Å². The highest BCUT2D eigenvalue weighted by Crippen LogP contribution is 2.40. The lowest BCUT2D eigenvalue weighted by Crippen LogP contribution is -2.44. The summed E-state index contributed by atoms with van der Waals surface area (Å²) in [7, 11) is -2.66. The van der Waals surface area contributed by atoms with Gasteiger partial charge in [0.1, 0.15) is 0 Å². The van der Waals surface area contributed by atoms with Crippen LogP contribution in [0.5, 0.6) is 0 Å². The maximum Gasteiger partial charge on any atom is 0.249 e. The van der Waals surface area contributed by atoms with Gasteiger partial charge >= 0.3 is 0 Å². The molecule has 0 aliphatic rings. The number of aliphatic hydroxyl groups excluding tert-OH is 2. The summed E-state index contributed by atoms with van der Waals surface area (Å²) >= 11 is 0. The number of hydrogen-bond donors (Lipinski definition) is 2. The predicted octanol–water partition coefficient (Wildman–Crippen LogP) is 5.94. The Balaban J connectivity index is 4.52. The van der Waals surface area contributed by atoms with Crippen molar-refractivity contribution in [3.8, 4) is 0 Å². The molecule has 0 spiro atoms. The van der Waals surface area contributed by atoms with E-state index in [1.165, 1.54) is 17.0 Å². The molecule has 2 atom stereocenters. The van der Waals surface area contributed by atoms with Crippen molar-refractivity contribution in [2.75, 3.05) is 39.5 Å². The number of aliphatic hydroxyl groups is 2. The van der Waals surface area contributed by atoms with Crippen molar-refractivity contribution in [3.05, 3.63) is 12.2 Å². The van der Waals surface area contributed by atoms with Gasteiger partial charge in [-0.25, -0.2) is 0 Å². The summed E-state index contributed by atoms with van der Waals surface area (Å²) < 4.78 is 11.4. The van der Waals surface area contributed by atoms with E-state index in [2.05, 4.69) is 74.3 Å². The summed E-state index contributed by atoms with van der Waals surface area (Å²) in [6.45, 7) is 30.6. The van der Waals surface area contributed by atoms with Crippen LogP contribution in [0.4, 0.5) is 0 Å². The van der Waals surface area contributed by atoms with Gasteiger partial charge in [-0.2, -0.15) is 0 Å². The molecule has 214 valence electrons. The zero-order valence-corrected chi connectivity index (χ0v) is 27.5. The van der Waals surface area contributed by atoms with Gasteiger partial charge in [0.2, 0.25) is 5.91 Å². The monoisotopic (exact) mass is 545 g/mol. The lowest BCUT2D eigenvalue weighted by atomic mass is 10.2. The first-order valence-electron chi connectivity index (χ1n) is 13.7. The lowest BCUT2D eigenvalue weighted by molar-refractivity contribution is -0.131. The lowest BCUT2D eigenvalue weighted by Gasteiger charge is -2.37. The Hall–Kier alpha value is -0.516. The summed E-state index contributed by atoms with van der Waals surface area (Å²) in [6, 6.07) is 2.35. The van der Waals surface area contributed by atoms with Crippen molar-refractivity contribution < 1.29 is 24.5 Å². The fourth-order valence-corrected chi connectivity index (χ4v) is 7.10. The minimum absolute atomic E-state index is 0.0936. The Labute approximate surface area is 224 Å². The topological polar surface area (TPSA) is 79.2 Å². The minimum atomic E-state index is -1.33. The molecule has 36 heavy (non-hydrogen) atoms. The fourth-order valence-electron chi connectivity index (χ4n) is 3.55. The first kappa shape index (κ1) is 35.5. The summed E-state index contributed by atoms with van der Waals surface area (Å²) in [5, 5.41) is 21.7. The number of carbonyl (C=O) groups excluding carboxylic acids is 1. The maximum absolute atomic E-state index is 12.6. The molecule has 8 heteroatoms. The number of hydrogen-bond acceptors (Lipinski definition) is 5. The molecule has 0 fully saturated rings. The molecule has 0 heterocycles. The van der Waals surface area contributed by atoms with E-state index in [4.69, 9.17) is 9.47 Å². The van der Waals surface area contributed by atoms with Gasteiger partial charge in [0.25, 0.3) is 0 Å². The normalized spacial score (nSPS) is 15.0. The summed E-state index contributed by atoms with van der Waals surface area (Å²) in [5.41, 5.74) is 0.375. The van der Waals surface area contributed by atoms with Crippen molar-refractivity contribution in [2.24, 2.45) is 0 Å². The second-order valence-electron chi connectivity index (χ2n) is 13.9. The molecule has 0 aliphatic carbocycles. The molecule has 0 saturated carbocycles. The van der Waals surface area contributed by atoms with E-state index >= 15 is 0 Å². The molecule has 0 aliphatic heterocycles. The van der Waals surface area contributed by atoms with Crippen LogP contribution < -0.4 is 0 Å². The SMILES string of the molecule is C=C(C)C(=O)N(CC(O)COCCC[Si](C)(C)C(C)(C)C)CC(O)COCCC[Si](C)(C)C(C)(C)C. The number of nitrogens with zero attached hydrogens (tertiary/aromatic N) is 1. The van der Waals surface area contributed by atoms with Crippen LogP contribution in [0.25, 0.3) is 0 Å². The van der Waals surface area contributed by atoms with Crippen LogP contribution in [0.2, 0.25) is 48.4 Å². The largest absolute Gasteiger partial charge is 0.389 e. The van der Waals surface area contributed by atoms with E-state index in [1.807, 2.05) is 0 Å². The van der Waals surface area contributed by atoms with Gasteiger partial charge in [0.05, 0.1) is 41.6 Å². The molecule has 0 bridgehead atoms. The molecule has 0 rings (SSSR count). The van der Waals surface area contributed by atoms with Gasteiger partial charge in [0.15, 0.2) is 0 Å². The van der Waals surface area contributed by atoms with Crippen LogP contribution in [0, 0.1) is 0 Å². The van der Waals surface area contributed by atoms with E-state index in [9.17, 15) is 15.0 Å². The van der Waals surface area contributed by atoms with Crippen molar-refractivity contribution in [2.45, 2.75) is 122 Å². The standard InChI is InChI=1S/C28H59NO5Si2/c1-23(2)26(32)29(19-24(30)21-33-15-13-17-35(9,10)27(3,4)5)20-25(31)22-34-16-14-18-36(11,12)28(6,7)8/h24-25,30-31H,1,13-22H2,2-12H3. The average Bonchev–Trinajstić information content (AvgIpc) is 2.70. The molecule has 0 radical (unpaired) electrons. The average molecular weight is 546 g/mol. The quantitative estimate of drug-likeness (QED) is 0.134. The van der Waals surface area contributed by atoms with Crippen molar-refractivity contribution in [1.82, 2.24) is 4.90 Å². The third-order valence-electron chi connectivity index (χ3n) is 8.38. The first-order valence-corrected chi connectivity index (χ1v) is 20.1. The molecule has 0 saturated heterocycles. The number of rotatable bonds is 17. The van der Waals surface area contributed by atoms with E-state index in [1.54, 1.807) is 6.92 Å². The van der Waals surface area contributed by atoms with Crippen LogP contribution in [0.3, 0.4) is 0 Å². The molecule has 6 nitrogen and oxygen atoms in total. The number of amides is 1. The molecule has 0 aromatic carbocycles. The summed E-state index contributed by atoms with van der Waals surface area (Å²) in [6.07, 6.45) is 0.310. The molecular weight excluding hydrogens is 486 g/mol.